The molecule has 0 spiro atoms. The Kier molecular flexibility index (Phi) is 6.19. The van der Waals surface area contributed by atoms with Gasteiger partial charge in [-0.1, -0.05) is 18.2 Å². The zero-order chi connectivity index (χ0) is 23.3. The Morgan fingerprint density at radius 2 is 1.88 bits per heavy atom. The number of ether oxygens (including phenoxy) is 1. The standard InChI is InChI=1S/C24H26N8O2/c1-34-19-6-4-5-18(13-19)14-26-22(33)16-32-24-20(15-29-32)23(27-17-28-24)31-11-9-30(10-12-31)21-7-2-3-8-25-21/h2-8,13,15,17H,9-12,14,16H2,1H3,(H,26,33). The number of amides is 1. The first kappa shape index (κ1) is 21.6. The van der Waals surface area contributed by atoms with Crippen molar-refractivity contribution in [2.75, 3.05) is 43.1 Å². The molecular formula is C24H26N8O2. The van der Waals surface area contributed by atoms with Crippen molar-refractivity contribution in [2.45, 2.75) is 13.1 Å². The van der Waals surface area contributed by atoms with Crippen molar-refractivity contribution in [3.63, 3.8) is 0 Å². The molecule has 0 saturated carbocycles. The second-order valence-electron chi connectivity index (χ2n) is 8.03. The summed E-state index contributed by atoms with van der Waals surface area (Å²) < 4.78 is 6.85. The van der Waals surface area contributed by atoms with Gasteiger partial charge in [-0.15, -0.1) is 0 Å². The normalized spacial score (nSPS) is 13.8. The largest absolute Gasteiger partial charge is 0.497 e. The number of aromatic nitrogens is 5. The van der Waals surface area contributed by atoms with E-state index in [0.29, 0.717) is 12.2 Å². The Morgan fingerprint density at radius 3 is 2.68 bits per heavy atom. The highest BCUT2D eigenvalue weighted by Crippen LogP contribution is 2.24. The van der Waals surface area contributed by atoms with Gasteiger partial charge in [-0.2, -0.15) is 5.10 Å². The number of nitrogens with one attached hydrogen (secondary N) is 1. The molecule has 5 rings (SSSR count). The van der Waals surface area contributed by atoms with Gasteiger partial charge in [0.1, 0.15) is 30.3 Å². The number of pyridine rings is 1. The van der Waals surface area contributed by atoms with Crippen LogP contribution in [-0.2, 0) is 17.9 Å². The summed E-state index contributed by atoms with van der Waals surface area (Å²) in [6.07, 6.45) is 5.09. The van der Waals surface area contributed by atoms with Gasteiger partial charge in [0.05, 0.1) is 18.7 Å². The monoisotopic (exact) mass is 458 g/mol. The topological polar surface area (TPSA) is 101 Å². The predicted molar refractivity (Wildman–Crippen MR) is 129 cm³/mol. The first-order valence-electron chi connectivity index (χ1n) is 11.2. The van der Waals surface area contributed by atoms with Gasteiger partial charge in [0.25, 0.3) is 0 Å². The SMILES string of the molecule is COc1cccc(CNC(=O)Cn2ncc3c(N4CCN(c5ccccn5)CC4)ncnc32)c1. The van der Waals surface area contributed by atoms with Crippen LogP contribution >= 0.6 is 0 Å². The van der Waals surface area contributed by atoms with E-state index in [4.69, 9.17) is 4.74 Å². The molecule has 34 heavy (non-hydrogen) atoms. The second-order valence-corrected chi connectivity index (χ2v) is 8.03. The van der Waals surface area contributed by atoms with Crippen molar-refractivity contribution >= 4 is 28.6 Å². The lowest BCUT2D eigenvalue weighted by atomic mass is 10.2. The number of hydrogen-bond donors (Lipinski definition) is 1. The molecule has 4 aromatic rings. The van der Waals surface area contributed by atoms with Crippen molar-refractivity contribution in [3.8, 4) is 5.75 Å². The lowest BCUT2D eigenvalue weighted by Gasteiger charge is -2.36. The molecule has 0 bridgehead atoms. The van der Waals surface area contributed by atoms with Crippen LogP contribution in [0.3, 0.4) is 0 Å². The molecule has 174 valence electrons. The summed E-state index contributed by atoms with van der Waals surface area (Å²) in [5.41, 5.74) is 1.61. The molecule has 0 aliphatic carbocycles. The van der Waals surface area contributed by atoms with Crippen molar-refractivity contribution in [1.29, 1.82) is 0 Å². The number of anilines is 2. The molecule has 0 atom stereocenters. The maximum atomic E-state index is 12.6. The summed E-state index contributed by atoms with van der Waals surface area (Å²) in [4.78, 5) is 30.4. The molecule has 1 aromatic carbocycles. The van der Waals surface area contributed by atoms with Crippen molar-refractivity contribution in [3.05, 3.63) is 66.7 Å². The molecular weight excluding hydrogens is 432 g/mol. The molecule has 0 radical (unpaired) electrons. The lowest BCUT2D eigenvalue weighted by molar-refractivity contribution is -0.121. The van der Waals surface area contributed by atoms with Gasteiger partial charge in [0.2, 0.25) is 5.91 Å². The summed E-state index contributed by atoms with van der Waals surface area (Å²) in [7, 11) is 1.62. The number of fused-ring (bicyclic) bond motifs is 1. The van der Waals surface area contributed by atoms with E-state index in [1.54, 1.807) is 18.0 Å². The van der Waals surface area contributed by atoms with E-state index in [9.17, 15) is 4.79 Å². The molecule has 10 heteroatoms. The maximum absolute atomic E-state index is 12.6. The lowest BCUT2D eigenvalue weighted by Crippen LogP contribution is -2.47. The smallest absolute Gasteiger partial charge is 0.242 e. The van der Waals surface area contributed by atoms with Crippen LogP contribution in [-0.4, -0.2) is 63.9 Å². The number of methoxy groups -OCH3 is 1. The summed E-state index contributed by atoms with van der Waals surface area (Å²) in [5, 5.41) is 8.20. The number of carbonyl (C=O) groups is 1. The first-order valence-corrected chi connectivity index (χ1v) is 11.2. The highest BCUT2D eigenvalue weighted by atomic mass is 16.5. The number of piperazine rings is 1. The van der Waals surface area contributed by atoms with E-state index in [2.05, 4.69) is 35.2 Å². The van der Waals surface area contributed by atoms with Crippen LogP contribution in [0.25, 0.3) is 11.0 Å². The fourth-order valence-electron chi connectivity index (χ4n) is 4.11. The van der Waals surface area contributed by atoms with Gasteiger partial charge in [-0.05, 0) is 29.8 Å². The highest BCUT2D eigenvalue weighted by Gasteiger charge is 2.22. The molecule has 1 aliphatic heterocycles. The Hall–Kier alpha value is -4.21. The first-order chi connectivity index (χ1) is 16.7. The quantitative estimate of drug-likeness (QED) is 0.448. The van der Waals surface area contributed by atoms with Crippen LogP contribution in [0.2, 0.25) is 0 Å². The number of rotatable bonds is 7. The fraction of sp³-hybridized carbons (Fsp3) is 0.292. The molecule has 4 heterocycles. The van der Waals surface area contributed by atoms with Crippen molar-refractivity contribution in [1.82, 2.24) is 30.0 Å². The van der Waals surface area contributed by atoms with Gasteiger partial charge in [-0.3, -0.25) is 4.79 Å². The Balaban J connectivity index is 1.24. The number of hydrogen-bond acceptors (Lipinski definition) is 8. The molecule has 1 N–H and O–H groups in total. The molecule has 10 nitrogen and oxygen atoms in total. The minimum Gasteiger partial charge on any atom is -0.497 e. The summed E-state index contributed by atoms with van der Waals surface area (Å²) in [6.45, 7) is 3.82. The molecule has 1 fully saturated rings. The zero-order valence-corrected chi connectivity index (χ0v) is 19.0. The average Bonchev–Trinajstić information content (AvgIpc) is 3.31. The van der Waals surface area contributed by atoms with Gasteiger partial charge < -0.3 is 19.9 Å². The summed E-state index contributed by atoms with van der Waals surface area (Å²) in [5.74, 6) is 2.45. The third kappa shape index (κ3) is 4.61. The predicted octanol–water partition coefficient (Wildman–Crippen LogP) is 1.87. The van der Waals surface area contributed by atoms with Gasteiger partial charge in [0.15, 0.2) is 5.65 Å². The number of benzene rings is 1. The maximum Gasteiger partial charge on any atom is 0.242 e. The molecule has 1 saturated heterocycles. The molecule has 1 aliphatic rings. The van der Waals surface area contributed by atoms with Gasteiger partial charge >= 0.3 is 0 Å². The minimum absolute atomic E-state index is 0.0807. The van der Waals surface area contributed by atoms with Crippen molar-refractivity contribution < 1.29 is 9.53 Å². The van der Waals surface area contributed by atoms with E-state index in [0.717, 1.165) is 54.5 Å². The van der Waals surface area contributed by atoms with Crippen LogP contribution in [0.5, 0.6) is 5.75 Å². The van der Waals surface area contributed by atoms with E-state index < -0.39 is 0 Å². The Morgan fingerprint density at radius 1 is 1.03 bits per heavy atom. The van der Waals surface area contributed by atoms with E-state index in [1.165, 1.54) is 6.33 Å². The second kappa shape index (κ2) is 9.74. The van der Waals surface area contributed by atoms with Gasteiger partial charge in [-0.25, -0.2) is 19.6 Å². The summed E-state index contributed by atoms with van der Waals surface area (Å²) in [6, 6.07) is 13.6. The molecule has 1 amide bonds. The minimum atomic E-state index is -0.142. The van der Waals surface area contributed by atoms with Crippen LogP contribution in [0.1, 0.15) is 5.56 Å². The number of carbonyl (C=O) groups excluding carboxylic acids is 1. The van der Waals surface area contributed by atoms with Crippen LogP contribution in [0, 0.1) is 0 Å². The average molecular weight is 459 g/mol. The van der Waals surface area contributed by atoms with E-state index >= 15 is 0 Å². The van der Waals surface area contributed by atoms with Crippen LogP contribution in [0.4, 0.5) is 11.6 Å². The van der Waals surface area contributed by atoms with Gasteiger partial charge in [0, 0.05) is 38.9 Å². The van der Waals surface area contributed by atoms with Crippen molar-refractivity contribution in [2.24, 2.45) is 0 Å². The van der Waals surface area contributed by atoms with E-state index in [1.807, 2.05) is 48.7 Å². The Bertz CT molecular complexity index is 1270. The Labute approximate surface area is 197 Å². The molecule has 3 aromatic heterocycles. The third-order valence-electron chi connectivity index (χ3n) is 5.88. The van der Waals surface area contributed by atoms with E-state index in [-0.39, 0.29) is 12.5 Å². The highest BCUT2D eigenvalue weighted by molar-refractivity contribution is 5.88. The third-order valence-corrected chi connectivity index (χ3v) is 5.88. The fourth-order valence-corrected chi connectivity index (χ4v) is 4.11. The molecule has 0 unspecified atom stereocenters. The van der Waals surface area contributed by atoms with Crippen LogP contribution in [0.15, 0.2) is 61.2 Å². The zero-order valence-electron chi connectivity index (χ0n) is 19.0. The number of nitrogens with zero attached hydrogens (tertiary/aromatic N) is 7. The summed E-state index contributed by atoms with van der Waals surface area (Å²) >= 11 is 0. The van der Waals surface area contributed by atoms with Crippen LogP contribution < -0.4 is 19.9 Å².